The quantitative estimate of drug-likeness (QED) is 0.425. The van der Waals surface area contributed by atoms with Gasteiger partial charge in [-0.3, -0.25) is 14.3 Å². The van der Waals surface area contributed by atoms with Crippen molar-refractivity contribution in [3.8, 4) is 0 Å². The first kappa shape index (κ1) is 14.8. The Morgan fingerprint density at radius 3 is 2.91 bits per heavy atom. The van der Waals surface area contributed by atoms with Gasteiger partial charge in [-0.25, -0.2) is 9.37 Å². The Balaban J connectivity index is 2.18. The van der Waals surface area contributed by atoms with Gasteiger partial charge < -0.3 is 25.8 Å². The zero-order chi connectivity index (χ0) is 16.3. The highest BCUT2D eigenvalue weighted by atomic mass is 19.2. The summed E-state index contributed by atoms with van der Waals surface area (Å²) in [6.07, 6.45) is -2.40. The molecule has 2 aromatic rings. The lowest BCUT2D eigenvalue weighted by molar-refractivity contribution is -0.206. The summed E-state index contributed by atoms with van der Waals surface area (Å²) >= 11 is 0. The third kappa shape index (κ3) is 1.83. The van der Waals surface area contributed by atoms with Crippen molar-refractivity contribution in [3.63, 3.8) is 0 Å². The molecular weight excluding hydrogens is 301 g/mol. The van der Waals surface area contributed by atoms with Crippen LogP contribution in [0.4, 0.5) is 10.3 Å². The lowest BCUT2D eigenvalue weighted by Crippen LogP contribution is -2.48. The number of nitrogen functional groups attached to an aromatic ring is 1. The van der Waals surface area contributed by atoms with E-state index in [0.29, 0.717) is 0 Å². The molecule has 0 unspecified atom stereocenters. The molecule has 0 amide bonds. The van der Waals surface area contributed by atoms with Gasteiger partial charge in [0, 0.05) is 0 Å². The van der Waals surface area contributed by atoms with Gasteiger partial charge in [0.25, 0.3) is 11.4 Å². The minimum absolute atomic E-state index is 0.0547. The Hall–Kier alpha value is -2.08. The van der Waals surface area contributed by atoms with E-state index in [-0.39, 0.29) is 17.1 Å². The Morgan fingerprint density at radius 2 is 2.32 bits per heavy atom. The number of imidazole rings is 1. The van der Waals surface area contributed by atoms with Crippen molar-refractivity contribution in [2.45, 2.75) is 30.7 Å². The van der Waals surface area contributed by atoms with E-state index in [9.17, 15) is 19.4 Å². The van der Waals surface area contributed by atoms with Crippen molar-refractivity contribution in [2.75, 3.05) is 12.3 Å². The summed E-state index contributed by atoms with van der Waals surface area (Å²) in [5.74, 6) is -3.07. The number of aromatic amines is 1. The van der Waals surface area contributed by atoms with Crippen LogP contribution in [0.3, 0.4) is 0 Å². The number of alkyl halides is 1. The fourth-order valence-corrected chi connectivity index (χ4v) is 2.52. The van der Waals surface area contributed by atoms with Gasteiger partial charge in [0.05, 0.1) is 6.33 Å². The molecule has 120 valence electrons. The van der Waals surface area contributed by atoms with Crippen molar-refractivity contribution in [1.82, 2.24) is 19.5 Å². The Morgan fingerprint density at radius 1 is 1.64 bits per heavy atom. The largest absolute Gasteiger partial charge is 0.390 e. The number of hydrogen-bond acceptors (Lipinski definition) is 8. The first-order valence-electron chi connectivity index (χ1n) is 6.31. The van der Waals surface area contributed by atoms with Crippen molar-refractivity contribution in [1.29, 1.82) is 0 Å². The van der Waals surface area contributed by atoms with E-state index in [1.807, 2.05) is 0 Å². The summed E-state index contributed by atoms with van der Waals surface area (Å²) in [5, 5.41) is 29.3. The number of anilines is 1. The molecule has 22 heavy (non-hydrogen) atoms. The van der Waals surface area contributed by atoms with Crippen LogP contribution in [-0.2, 0) is 4.74 Å². The van der Waals surface area contributed by atoms with Gasteiger partial charge in [0.1, 0.15) is 18.3 Å². The van der Waals surface area contributed by atoms with Gasteiger partial charge in [-0.2, -0.15) is 4.98 Å². The predicted octanol–water partition coefficient (Wildman–Crippen LogP) is -2.00. The second kappa shape index (κ2) is 4.46. The number of fused-ring (bicyclic) bond motifs is 1. The molecule has 0 aromatic carbocycles. The normalized spacial score (nSPS) is 35.3. The molecule has 0 radical (unpaired) electrons. The molecule has 1 aliphatic heterocycles. The zero-order valence-corrected chi connectivity index (χ0v) is 11.4. The van der Waals surface area contributed by atoms with Crippen LogP contribution in [0.5, 0.6) is 0 Å². The maximum Gasteiger partial charge on any atom is 0.280 e. The van der Waals surface area contributed by atoms with Crippen LogP contribution in [0.2, 0.25) is 0 Å². The summed E-state index contributed by atoms with van der Waals surface area (Å²) < 4.78 is 20.3. The van der Waals surface area contributed by atoms with E-state index in [1.165, 1.54) is 0 Å². The number of H-pyrrole nitrogens is 1. The van der Waals surface area contributed by atoms with Crippen LogP contribution in [-0.4, -0.2) is 59.0 Å². The number of ether oxygens (including phenoxy) is 1. The highest BCUT2D eigenvalue weighted by molar-refractivity contribution is 5.70. The zero-order valence-electron chi connectivity index (χ0n) is 11.4. The number of nitrogens with one attached hydrogen (secondary N) is 1. The average Bonchev–Trinajstić information content (AvgIpc) is 2.93. The van der Waals surface area contributed by atoms with E-state index in [4.69, 9.17) is 15.6 Å². The minimum Gasteiger partial charge on any atom is -0.390 e. The van der Waals surface area contributed by atoms with Crippen molar-refractivity contribution in [2.24, 2.45) is 0 Å². The third-order valence-corrected chi connectivity index (χ3v) is 3.69. The number of nitrogens with zero attached hydrogens (tertiary/aromatic N) is 3. The Kier molecular flexibility index (Phi) is 3.01. The van der Waals surface area contributed by atoms with Gasteiger partial charge in [-0.1, -0.05) is 0 Å². The highest BCUT2D eigenvalue weighted by Crippen LogP contribution is 2.45. The first-order valence-corrected chi connectivity index (χ1v) is 6.31. The summed E-state index contributed by atoms with van der Waals surface area (Å²) in [6, 6.07) is 0. The lowest BCUT2D eigenvalue weighted by Gasteiger charge is -2.27. The van der Waals surface area contributed by atoms with E-state index >= 15 is 0 Å². The molecule has 0 saturated carbocycles. The number of aromatic nitrogens is 4. The number of aliphatic hydroxyl groups is 3. The molecule has 0 bridgehead atoms. The topological polar surface area (TPSA) is 160 Å². The molecule has 3 heterocycles. The second-order valence-electron chi connectivity index (χ2n) is 5.32. The lowest BCUT2D eigenvalue weighted by atomic mass is 9.95. The number of rotatable bonds is 2. The molecule has 10 nitrogen and oxygen atoms in total. The summed E-state index contributed by atoms with van der Waals surface area (Å²) in [5.41, 5.74) is 2.58. The predicted molar refractivity (Wildman–Crippen MR) is 70.2 cm³/mol. The number of nitrogens with two attached hydrogens (primary N) is 1. The van der Waals surface area contributed by atoms with Crippen LogP contribution >= 0.6 is 0 Å². The van der Waals surface area contributed by atoms with Crippen LogP contribution in [0.25, 0.3) is 11.2 Å². The van der Waals surface area contributed by atoms with Crippen molar-refractivity contribution in [3.05, 3.63) is 16.7 Å². The molecule has 1 aliphatic rings. The standard InChI is InChI=1S/C11H14FN5O5/c1-10(21)7(20)11(12,2-18)22-8(10)17-3-14-4-5(17)15-9(13)16-6(4)19/h3,7-8,18,20-21H,2H2,1H3,(H3,13,15,16,19)/t7-,8+,10+,11+/m0/s1. The smallest absolute Gasteiger partial charge is 0.280 e. The van der Waals surface area contributed by atoms with Gasteiger partial charge in [0.15, 0.2) is 17.4 Å². The molecule has 0 aliphatic carbocycles. The Bertz CT molecular complexity index is 789. The number of hydrogen-bond donors (Lipinski definition) is 5. The van der Waals surface area contributed by atoms with Crippen molar-refractivity contribution >= 4 is 17.1 Å². The SMILES string of the molecule is C[C@]1(O)[C@H](n2cnc3c(=O)[nH]c(N)nc32)O[C@](F)(CO)[C@H]1O. The van der Waals surface area contributed by atoms with E-state index in [0.717, 1.165) is 17.8 Å². The molecule has 1 fully saturated rings. The molecule has 2 aromatic heterocycles. The van der Waals surface area contributed by atoms with E-state index in [2.05, 4.69) is 15.0 Å². The van der Waals surface area contributed by atoms with Crippen LogP contribution < -0.4 is 11.3 Å². The monoisotopic (exact) mass is 315 g/mol. The van der Waals surface area contributed by atoms with Gasteiger partial charge in [0.2, 0.25) is 5.95 Å². The average molecular weight is 315 g/mol. The molecule has 11 heteroatoms. The molecular formula is C11H14FN5O5. The fourth-order valence-electron chi connectivity index (χ4n) is 2.52. The summed E-state index contributed by atoms with van der Waals surface area (Å²) in [4.78, 5) is 21.6. The number of aliphatic hydroxyl groups excluding tert-OH is 2. The van der Waals surface area contributed by atoms with E-state index in [1.54, 1.807) is 0 Å². The number of halogens is 1. The van der Waals surface area contributed by atoms with Crippen molar-refractivity contribution < 1.29 is 24.4 Å². The van der Waals surface area contributed by atoms with E-state index < -0.39 is 36.0 Å². The van der Waals surface area contributed by atoms with Crippen LogP contribution in [0, 0.1) is 0 Å². The molecule has 6 N–H and O–H groups in total. The van der Waals surface area contributed by atoms with Gasteiger partial charge in [-0.15, -0.1) is 0 Å². The molecule has 3 rings (SSSR count). The third-order valence-electron chi connectivity index (χ3n) is 3.69. The maximum atomic E-state index is 14.3. The fraction of sp³-hybridized carbons (Fsp3) is 0.545. The summed E-state index contributed by atoms with van der Waals surface area (Å²) in [6.45, 7) is -0.0364. The summed E-state index contributed by atoms with van der Waals surface area (Å²) in [7, 11) is 0. The molecule has 1 saturated heterocycles. The second-order valence-corrected chi connectivity index (χ2v) is 5.32. The molecule has 0 spiro atoms. The Labute approximate surface area is 122 Å². The van der Waals surface area contributed by atoms with Gasteiger partial charge in [-0.05, 0) is 6.92 Å². The van der Waals surface area contributed by atoms with Crippen LogP contribution in [0.1, 0.15) is 13.2 Å². The highest BCUT2D eigenvalue weighted by Gasteiger charge is 2.62. The minimum atomic E-state index is -2.86. The maximum absolute atomic E-state index is 14.3. The molecule has 4 atom stereocenters. The van der Waals surface area contributed by atoms with Gasteiger partial charge >= 0.3 is 0 Å². The first-order chi connectivity index (χ1) is 10.2. The van der Waals surface area contributed by atoms with Crippen LogP contribution in [0.15, 0.2) is 11.1 Å².